The molecule has 0 spiro atoms. The average Bonchev–Trinajstić information content (AvgIpc) is 2.06. The van der Waals surface area contributed by atoms with Crippen LogP contribution < -0.4 is 11.1 Å². The van der Waals surface area contributed by atoms with Gasteiger partial charge in [0, 0.05) is 0 Å². The fourth-order valence-electron chi connectivity index (χ4n) is 0.334. The van der Waals surface area contributed by atoms with Crippen molar-refractivity contribution in [3.05, 3.63) is 12.7 Å². The lowest BCUT2D eigenvalue weighted by Gasteiger charge is -2.07. The van der Waals surface area contributed by atoms with Gasteiger partial charge in [-0.15, -0.1) is 0 Å². The van der Waals surface area contributed by atoms with Crippen LogP contribution in [0.25, 0.3) is 0 Å². The molecule has 0 saturated carbocycles. The first kappa shape index (κ1) is 14.6. The molecule has 0 aromatic heterocycles. The largest absolute Gasteiger partial charge is 0.334 e. The molecule has 0 aromatic carbocycles. The lowest BCUT2D eigenvalue weighted by molar-refractivity contribution is -0.116. The van der Waals surface area contributed by atoms with Crippen molar-refractivity contribution in [1.82, 2.24) is 5.32 Å². The minimum atomic E-state index is -4.19. The summed E-state index contributed by atoms with van der Waals surface area (Å²) in [6, 6.07) is 0. The molecule has 0 aliphatic rings. The lowest BCUT2D eigenvalue weighted by Crippen LogP contribution is -2.37. The molecule has 78 valence electrons. The Hall–Kier alpha value is -0.920. The van der Waals surface area contributed by atoms with E-state index in [4.69, 9.17) is 4.55 Å². The highest BCUT2D eigenvalue weighted by atomic mass is 32.2. The summed E-state index contributed by atoms with van der Waals surface area (Å²) >= 11 is 0. The highest BCUT2D eigenvalue weighted by molar-refractivity contribution is 7.86. The van der Waals surface area contributed by atoms with Crippen LogP contribution >= 0.6 is 0 Å². The molecule has 0 aliphatic heterocycles. The van der Waals surface area contributed by atoms with Gasteiger partial charge in [-0.05, 0) is 20.0 Å². The average molecular weight is 210 g/mol. The van der Waals surface area contributed by atoms with E-state index in [0.29, 0.717) is 0 Å². The summed E-state index contributed by atoms with van der Waals surface area (Å²) in [6.07, 6.45) is 0.918. The summed E-state index contributed by atoms with van der Waals surface area (Å²) in [5.74, 6) is -0.643. The van der Waals surface area contributed by atoms with Crippen molar-refractivity contribution in [2.45, 2.75) is 12.3 Å². The number of hydrogen-bond acceptors (Lipinski definition) is 4. The van der Waals surface area contributed by atoms with E-state index in [1.165, 1.54) is 7.05 Å². The first-order valence-electron chi connectivity index (χ1n) is 3.35. The monoisotopic (exact) mass is 210 g/mol. The minimum Gasteiger partial charge on any atom is -0.334 e. The third-order valence-electron chi connectivity index (χ3n) is 0.978. The zero-order chi connectivity index (χ0) is 11.1. The highest BCUT2D eigenvalue weighted by Gasteiger charge is 2.17. The minimum absolute atomic E-state index is 0.643. The van der Waals surface area contributed by atoms with E-state index < -0.39 is 21.4 Å². The molecule has 1 unspecified atom stereocenters. The number of hydrogen-bond donors (Lipinski definition) is 3. The van der Waals surface area contributed by atoms with E-state index in [-0.39, 0.29) is 0 Å². The fourth-order valence-corrected chi connectivity index (χ4v) is 0.599. The van der Waals surface area contributed by atoms with E-state index in [2.05, 4.69) is 12.3 Å². The van der Waals surface area contributed by atoms with Gasteiger partial charge in [0.05, 0.1) is 0 Å². The van der Waals surface area contributed by atoms with Gasteiger partial charge >= 0.3 is 0 Å². The van der Waals surface area contributed by atoms with Crippen LogP contribution in [0.3, 0.4) is 0 Å². The molecular formula is C6H14N2O4S. The van der Waals surface area contributed by atoms with E-state index in [9.17, 15) is 13.2 Å². The second-order valence-electron chi connectivity index (χ2n) is 1.87. The van der Waals surface area contributed by atoms with Crippen molar-refractivity contribution >= 4 is 16.0 Å². The number of rotatable bonds is 3. The Balaban J connectivity index is 0. The van der Waals surface area contributed by atoms with Crippen molar-refractivity contribution in [1.29, 1.82) is 0 Å². The zero-order valence-electron chi connectivity index (χ0n) is 7.52. The molecule has 0 aromatic rings. The van der Waals surface area contributed by atoms with Gasteiger partial charge in [0.15, 0.2) is 5.37 Å². The van der Waals surface area contributed by atoms with Gasteiger partial charge < -0.3 is 11.1 Å². The Morgan fingerprint density at radius 1 is 1.62 bits per heavy atom. The molecule has 0 radical (unpaired) electrons. The molecule has 13 heavy (non-hydrogen) atoms. The highest BCUT2D eigenvalue weighted by Crippen LogP contribution is 1.91. The number of nitrogens with two attached hydrogens (primary N) is 1. The predicted molar refractivity (Wildman–Crippen MR) is 49.5 cm³/mol. The SMILES string of the molecule is C=CC(=O)NC(C)S(=O)(=O)O.CN. The molecule has 1 amide bonds. The summed E-state index contributed by atoms with van der Waals surface area (Å²) in [5, 5.41) is 0.676. The van der Waals surface area contributed by atoms with Crippen LogP contribution in [-0.4, -0.2) is 31.3 Å². The predicted octanol–water partition coefficient (Wildman–Crippen LogP) is -0.903. The van der Waals surface area contributed by atoms with Crippen LogP contribution in [0.15, 0.2) is 12.7 Å². The molecule has 6 nitrogen and oxygen atoms in total. The van der Waals surface area contributed by atoms with Crippen molar-refractivity contribution in [3.63, 3.8) is 0 Å². The van der Waals surface area contributed by atoms with Gasteiger partial charge in [-0.3, -0.25) is 9.35 Å². The molecule has 1 atom stereocenters. The maximum absolute atomic E-state index is 10.5. The molecule has 7 heteroatoms. The van der Waals surface area contributed by atoms with Crippen LogP contribution in [0, 0.1) is 0 Å². The standard InChI is InChI=1S/C5H9NO4S.CH5N/c1-3-5(7)6-4(2)11(8,9)10;1-2/h3-4H,1H2,2H3,(H,6,7)(H,8,9,10);2H2,1H3. The number of nitrogens with one attached hydrogen (secondary N) is 1. The van der Waals surface area contributed by atoms with Crippen LogP contribution in [0.2, 0.25) is 0 Å². The van der Waals surface area contributed by atoms with Gasteiger partial charge in [-0.1, -0.05) is 6.58 Å². The van der Waals surface area contributed by atoms with Crippen molar-refractivity contribution < 1.29 is 17.8 Å². The van der Waals surface area contributed by atoms with Crippen LogP contribution in [0.5, 0.6) is 0 Å². The third-order valence-corrected chi connectivity index (χ3v) is 1.99. The first-order chi connectivity index (χ1) is 5.88. The molecule has 0 saturated heterocycles. The summed E-state index contributed by atoms with van der Waals surface area (Å²) < 4.78 is 28.9. The molecule has 0 bridgehead atoms. The van der Waals surface area contributed by atoms with E-state index in [0.717, 1.165) is 13.0 Å². The van der Waals surface area contributed by atoms with Gasteiger partial charge in [0.2, 0.25) is 5.91 Å². The topological polar surface area (TPSA) is 109 Å². The van der Waals surface area contributed by atoms with Gasteiger partial charge in [0.1, 0.15) is 0 Å². The number of amides is 1. The molecule has 4 N–H and O–H groups in total. The smallest absolute Gasteiger partial charge is 0.285 e. The Morgan fingerprint density at radius 2 is 2.00 bits per heavy atom. The third kappa shape index (κ3) is 7.44. The molecule has 0 heterocycles. The van der Waals surface area contributed by atoms with E-state index in [1.54, 1.807) is 0 Å². The van der Waals surface area contributed by atoms with Crippen LogP contribution in [-0.2, 0) is 14.9 Å². The zero-order valence-corrected chi connectivity index (χ0v) is 8.34. The summed E-state index contributed by atoms with van der Waals surface area (Å²) in [4.78, 5) is 10.5. The Kier molecular flexibility index (Phi) is 7.39. The summed E-state index contributed by atoms with van der Waals surface area (Å²) in [7, 11) is -2.69. The van der Waals surface area contributed by atoms with Crippen molar-refractivity contribution in [2.24, 2.45) is 5.73 Å². The fraction of sp³-hybridized carbons (Fsp3) is 0.500. The molecular weight excluding hydrogens is 196 g/mol. The Labute approximate surface area is 77.6 Å². The summed E-state index contributed by atoms with van der Waals surface area (Å²) in [5.41, 5.74) is 4.50. The van der Waals surface area contributed by atoms with Gasteiger partial charge in [-0.2, -0.15) is 8.42 Å². The van der Waals surface area contributed by atoms with Crippen LogP contribution in [0.1, 0.15) is 6.92 Å². The number of carbonyl (C=O) groups excluding carboxylic acids is 1. The van der Waals surface area contributed by atoms with Crippen molar-refractivity contribution in [2.75, 3.05) is 7.05 Å². The van der Waals surface area contributed by atoms with E-state index in [1.807, 2.05) is 5.32 Å². The second-order valence-corrected chi connectivity index (χ2v) is 3.61. The quantitative estimate of drug-likeness (QED) is 0.413. The van der Waals surface area contributed by atoms with Crippen LogP contribution in [0.4, 0.5) is 0 Å². The van der Waals surface area contributed by atoms with Gasteiger partial charge in [-0.25, -0.2) is 0 Å². The molecule has 0 rings (SSSR count). The first-order valence-corrected chi connectivity index (χ1v) is 4.85. The maximum Gasteiger partial charge on any atom is 0.285 e. The second kappa shape index (κ2) is 6.58. The Bertz CT molecular complexity index is 260. The number of carbonyl (C=O) groups is 1. The Morgan fingerprint density at radius 3 is 2.23 bits per heavy atom. The molecule has 0 fully saturated rings. The summed E-state index contributed by atoms with van der Waals surface area (Å²) in [6.45, 7) is 4.26. The molecule has 0 aliphatic carbocycles. The maximum atomic E-state index is 10.5. The van der Waals surface area contributed by atoms with Gasteiger partial charge in [0.25, 0.3) is 10.1 Å². The van der Waals surface area contributed by atoms with Crippen molar-refractivity contribution in [3.8, 4) is 0 Å². The van der Waals surface area contributed by atoms with E-state index >= 15 is 0 Å². The normalized spacial score (nSPS) is 12.0. The lowest BCUT2D eigenvalue weighted by atomic mass is 10.5.